The van der Waals surface area contributed by atoms with Gasteiger partial charge in [-0.05, 0) is 12.1 Å². The summed E-state index contributed by atoms with van der Waals surface area (Å²) in [4.78, 5) is 11.4. The van der Waals surface area contributed by atoms with Gasteiger partial charge in [-0.2, -0.15) is 26.3 Å². The molecule has 0 unspecified atom stereocenters. The molecule has 14 heteroatoms. The Hall–Kier alpha value is -2.90. The number of nitrogens with zero attached hydrogens (tertiary/aromatic N) is 5. The number of anilines is 4. The van der Waals surface area contributed by atoms with Crippen molar-refractivity contribution in [1.29, 1.82) is 0 Å². The van der Waals surface area contributed by atoms with Gasteiger partial charge in [-0.25, -0.2) is 23.6 Å². The molecule has 2 aromatic heterocycles. The zero-order valence-electron chi connectivity index (χ0n) is 16.9. The van der Waals surface area contributed by atoms with E-state index in [1.54, 1.807) is 4.90 Å². The molecule has 33 heavy (non-hydrogen) atoms. The Morgan fingerprint density at radius 2 is 1.52 bits per heavy atom. The number of piperazine rings is 1. The predicted molar refractivity (Wildman–Crippen MR) is 104 cm³/mol. The monoisotopic (exact) mass is 482 g/mol. The second kappa shape index (κ2) is 8.15. The second-order valence-electron chi connectivity index (χ2n) is 7.78. The largest absolute Gasteiger partial charge is 0.460 e. The Morgan fingerprint density at radius 3 is 2.03 bits per heavy atom. The van der Waals surface area contributed by atoms with E-state index < -0.39 is 37.1 Å². The Bertz CT molecular complexity index is 975. The normalized spacial score (nSPS) is 19.4. The van der Waals surface area contributed by atoms with Crippen LogP contribution in [0.5, 0.6) is 0 Å². The Kier molecular flexibility index (Phi) is 5.75. The summed E-state index contributed by atoms with van der Waals surface area (Å²) in [5, 5.41) is 2.74. The number of halogens is 8. The molecular formula is C19H18F8N6. The number of rotatable bonds is 4. The Labute approximate surface area is 182 Å². The fraction of sp³-hybridized carbons (Fsp3) is 0.474. The number of alkyl halides is 8. The summed E-state index contributed by atoms with van der Waals surface area (Å²) in [6, 6.07) is 4.86. The molecule has 0 bridgehead atoms. The average Bonchev–Trinajstić information content (AvgIpc) is 2.71. The van der Waals surface area contributed by atoms with Crippen LogP contribution in [0.4, 0.5) is 58.3 Å². The summed E-state index contributed by atoms with van der Waals surface area (Å²) in [5.74, 6) is -2.44. The summed E-state index contributed by atoms with van der Waals surface area (Å²) in [6.45, 7) is -1.64. The fourth-order valence-electron chi connectivity index (χ4n) is 3.56. The molecule has 2 fully saturated rings. The molecule has 4 rings (SSSR count). The van der Waals surface area contributed by atoms with Crippen molar-refractivity contribution >= 4 is 23.1 Å². The van der Waals surface area contributed by atoms with Gasteiger partial charge in [0.1, 0.15) is 17.5 Å². The molecule has 0 aliphatic carbocycles. The molecule has 0 aromatic carbocycles. The van der Waals surface area contributed by atoms with E-state index in [2.05, 4.69) is 15.3 Å². The van der Waals surface area contributed by atoms with Crippen molar-refractivity contribution in [2.75, 3.05) is 54.4 Å². The lowest BCUT2D eigenvalue weighted by molar-refractivity contribution is -0.246. The van der Waals surface area contributed by atoms with Crippen molar-refractivity contribution in [3.05, 3.63) is 36.0 Å². The molecule has 0 amide bonds. The van der Waals surface area contributed by atoms with Crippen molar-refractivity contribution in [3.8, 4) is 0 Å². The highest BCUT2D eigenvalue weighted by Crippen LogP contribution is 2.36. The van der Waals surface area contributed by atoms with Crippen LogP contribution in [0.3, 0.4) is 0 Å². The molecule has 2 saturated heterocycles. The molecule has 2 aromatic rings. The van der Waals surface area contributed by atoms with Gasteiger partial charge in [-0.1, -0.05) is 0 Å². The van der Waals surface area contributed by atoms with Gasteiger partial charge in [0.25, 0.3) is 5.92 Å². The molecule has 1 N–H and O–H groups in total. The molecule has 0 atom stereocenters. The van der Waals surface area contributed by atoms with E-state index in [4.69, 9.17) is 0 Å². The van der Waals surface area contributed by atoms with E-state index in [0.29, 0.717) is 16.8 Å². The lowest BCUT2D eigenvalue weighted by Crippen LogP contribution is -2.56. The van der Waals surface area contributed by atoms with Crippen molar-refractivity contribution < 1.29 is 35.1 Å². The highest BCUT2D eigenvalue weighted by molar-refractivity contribution is 5.66. The van der Waals surface area contributed by atoms with E-state index in [1.807, 2.05) is 0 Å². The van der Waals surface area contributed by atoms with Crippen molar-refractivity contribution in [2.24, 2.45) is 0 Å². The van der Waals surface area contributed by atoms with Crippen LogP contribution < -0.4 is 15.1 Å². The lowest BCUT2D eigenvalue weighted by Gasteiger charge is -2.41. The lowest BCUT2D eigenvalue weighted by atomic mass is 10.1. The summed E-state index contributed by atoms with van der Waals surface area (Å²) >= 11 is 0. The predicted octanol–water partition coefficient (Wildman–Crippen LogP) is 4.34. The van der Waals surface area contributed by atoms with Gasteiger partial charge in [-0.3, -0.25) is 0 Å². The smallest absolute Gasteiger partial charge is 0.359 e. The number of aromatic nitrogens is 2. The SMILES string of the molecule is FC1(F)CN(c2cc(Nc3ccc(C(F)(F)F)cn3)nc(N3CCN(C(F)(F)F)CC3)c2)C1. The van der Waals surface area contributed by atoms with Crippen LogP contribution in [0.2, 0.25) is 0 Å². The third kappa shape index (κ3) is 5.37. The highest BCUT2D eigenvalue weighted by Gasteiger charge is 2.44. The molecule has 180 valence electrons. The maximum Gasteiger partial charge on any atom is 0.460 e. The third-order valence-corrected chi connectivity index (χ3v) is 5.32. The van der Waals surface area contributed by atoms with Gasteiger partial charge >= 0.3 is 12.5 Å². The van der Waals surface area contributed by atoms with Gasteiger partial charge in [0.2, 0.25) is 0 Å². The molecule has 4 heterocycles. The Balaban J connectivity index is 1.56. The van der Waals surface area contributed by atoms with Gasteiger partial charge < -0.3 is 15.1 Å². The van der Waals surface area contributed by atoms with Crippen LogP contribution in [0, 0.1) is 0 Å². The Morgan fingerprint density at radius 1 is 0.848 bits per heavy atom. The van der Waals surface area contributed by atoms with Crippen molar-refractivity contribution in [1.82, 2.24) is 14.9 Å². The van der Waals surface area contributed by atoms with Crippen molar-refractivity contribution in [2.45, 2.75) is 18.4 Å². The van der Waals surface area contributed by atoms with Gasteiger partial charge in [0.05, 0.1) is 18.7 Å². The van der Waals surface area contributed by atoms with Gasteiger partial charge in [0, 0.05) is 50.2 Å². The van der Waals surface area contributed by atoms with E-state index in [9.17, 15) is 35.1 Å². The number of nitrogens with one attached hydrogen (secondary N) is 1. The first-order valence-corrected chi connectivity index (χ1v) is 9.82. The molecule has 0 radical (unpaired) electrons. The van der Waals surface area contributed by atoms with Crippen LogP contribution in [0.1, 0.15) is 5.56 Å². The van der Waals surface area contributed by atoms with Crippen LogP contribution in [0.25, 0.3) is 0 Å². The van der Waals surface area contributed by atoms with E-state index in [0.717, 1.165) is 12.1 Å². The van der Waals surface area contributed by atoms with E-state index in [-0.39, 0.29) is 43.6 Å². The third-order valence-electron chi connectivity index (χ3n) is 5.32. The molecule has 0 saturated carbocycles. The van der Waals surface area contributed by atoms with E-state index >= 15 is 0 Å². The number of pyridine rings is 2. The first kappa shape index (κ1) is 23.3. The topological polar surface area (TPSA) is 47.5 Å². The second-order valence-corrected chi connectivity index (χ2v) is 7.78. The quantitative estimate of drug-likeness (QED) is 0.517. The first-order chi connectivity index (χ1) is 15.3. The number of hydrogen-bond acceptors (Lipinski definition) is 6. The maximum atomic E-state index is 13.4. The molecule has 0 spiro atoms. The number of hydrogen-bond donors (Lipinski definition) is 1. The van der Waals surface area contributed by atoms with Gasteiger partial charge in [0.15, 0.2) is 0 Å². The highest BCUT2D eigenvalue weighted by atomic mass is 19.4. The van der Waals surface area contributed by atoms with E-state index in [1.165, 1.54) is 17.0 Å². The summed E-state index contributed by atoms with van der Waals surface area (Å²) in [7, 11) is 0. The standard InChI is InChI=1S/C19H18F8N6/c20-17(21)10-32(11-17)13-7-15(29-14-2-1-12(9-28-14)18(22,23)24)30-16(8-13)31-3-5-33(6-4-31)19(25,26)27/h1-2,7-9H,3-6,10-11H2,(H,28,29,30). The van der Waals surface area contributed by atoms with Gasteiger partial charge in [-0.15, -0.1) is 0 Å². The summed E-state index contributed by atoms with van der Waals surface area (Å²) < 4.78 is 104. The van der Waals surface area contributed by atoms with Crippen molar-refractivity contribution in [3.63, 3.8) is 0 Å². The maximum absolute atomic E-state index is 13.4. The fourth-order valence-corrected chi connectivity index (χ4v) is 3.56. The summed E-state index contributed by atoms with van der Waals surface area (Å²) in [5.41, 5.74) is -0.584. The average molecular weight is 482 g/mol. The summed E-state index contributed by atoms with van der Waals surface area (Å²) in [6.07, 6.45) is -8.37. The first-order valence-electron chi connectivity index (χ1n) is 9.82. The molecule has 6 nitrogen and oxygen atoms in total. The van der Waals surface area contributed by atoms with Crippen LogP contribution in [-0.2, 0) is 6.18 Å². The minimum Gasteiger partial charge on any atom is -0.359 e. The van der Waals surface area contributed by atoms with Crippen LogP contribution in [0.15, 0.2) is 30.5 Å². The minimum atomic E-state index is -4.56. The van der Waals surface area contributed by atoms with Crippen LogP contribution in [-0.4, -0.2) is 66.4 Å². The molecule has 2 aliphatic rings. The molecule has 2 aliphatic heterocycles. The minimum absolute atomic E-state index is 0.00406. The molecular weight excluding hydrogens is 464 g/mol. The zero-order chi connectivity index (χ0) is 24.0. The van der Waals surface area contributed by atoms with Crippen LogP contribution >= 0.6 is 0 Å². The zero-order valence-corrected chi connectivity index (χ0v) is 16.9.